The minimum atomic E-state index is -1.28. The van der Waals surface area contributed by atoms with E-state index in [1.54, 1.807) is 32.4 Å². The number of benzene rings is 1. The molecule has 1 aromatic carbocycles. The van der Waals surface area contributed by atoms with Crippen LogP contribution in [0, 0.1) is 6.92 Å². The fraction of sp³-hybridized carbons (Fsp3) is 0.364. The van der Waals surface area contributed by atoms with Crippen molar-refractivity contribution < 1.29 is 14.6 Å². The molecule has 2 heterocycles. The summed E-state index contributed by atoms with van der Waals surface area (Å²) < 4.78 is 9.06. The molecule has 3 aromatic rings. The van der Waals surface area contributed by atoms with Crippen LogP contribution in [0.4, 0.5) is 0 Å². The molecule has 6 heteroatoms. The van der Waals surface area contributed by atoms with Gasteiger partial charge in [0.05, 0.1) is 11.3 Å². The molecule has 28 heavy (non-hydrogen) atoms. The average Bonchev–Trinajstić information content (AvgIpc) is 2.98. The van der Waals surface area contributed by atoms with E-state index in [1.807, 2.05) is 50.5 Å². The first kappa shape index (κ1) is 19.9. The van der Waals surface area contributed by atoms with Crippen LogP contribution in [0.1, 0.15) is 38.1 Å². The molecule has 0 aliphatic carbocycles. The van der Waals surface area contributed by atoms with E-state index in [0.29, 0.717) is 22.2 Å². The number of fused-ring (bicyclic) bond motifs is 1. The summed E-state index contributed by atoms with van der Waals surface area (Å²) in [6.07, 6.45) is 0.534. The molecule has 1 unspecified atom stereocenters. The van der Waals surface area contributed by atoms with E-state index in [2.05, 4.69) is 0 Å². The van der Waals surface area contributed by atoms with Gasteiger partial charge in [0, 0.05) is 31.2 Å². The number of hydrogen-bond donors (Lipinski definition) is 1. The summed E-state index contributed by atoms with van der Waals surface area (Å²) in [5, 5.41) is 10.7. The molecule has 6 nitrogen and oxygen atoms in total. The van der Waals surface area contributed by atoms with Gasteiger partial charge in [0.1, 0.15) is 5.52 Å². The van der Waals surface area contributed by atoms with Gasteiger partial charge in [-0.25, -0.2) is 4.79 Å². The van der Waals surface area contributed by atoms with Gasteiger partial charge in [-0.15, -0.1) is 0 Å². The maximum absolute atomic E-state index is 13.1. The molecule has 148 valence electrons. The standard InChI is InChI=1S/C22H26N2O4/c1-13-7-9-14(10-8-13)16-15-11-12-23(5)17(15)20(25)24(6)18(16)19(21(26)27)28-22(2,3)4/h7-12,19H,1-6H3,(H,26,27). The van der Waals surface area contributed by atoms with E-state index in [0.717, 1.165) is 11.1 Å². The smallest absolute Gasteiger partial charge is 0.339 e. The van der Waals surface area contributed by atoms with Gasteiger partial charge in [0.2, 0.25) is 0 Å². The predicted octanol–water partition coefficient (Wildman–Crippen LogP) is 3.79. The normalized spacial score (nSPS) is 13.1. The minimum Gasteiger partial charge on any atom is -0.479 e. The molecule has 0 amide bonds. The number of carboxylic acids is 1. The van der Waals surface area contributed by atoms with Crippen LogP contribution in [0.3, 0.4) is 0 Å². The van der Waals surface area contributed by atoms with Crippen LogP contribution < -0.4 is 5.56 Å². The molecular weight excluding hydrogens is 356 g/mol. The minimum absolute atomic E-state index is 0.253. The Labute approximate surface area is 164 Å². The molecule has 0 spiro atoms. The van der Waals surface area contributed by atoms with Gasteiger partial charge < -0.3 is 19.0 Å². The molecule has 0 bridgehead atoms. The molecule has 0 aliphatic heterocycles. The maximum Gasteiger partial charge on any atom is 0.339 e. The monoisotopic (exact) mass is 382 g/mol. The van der Waals surface area contributed by atoms with Crippen LogP contribution in [-0.2, 0) is 23.6 Å². The lowest BCUT2D eigenvalue weighted by Gasteiger charge is -2.28. The number of carboxylic acid groups (broad SMARTS) is 1. The van der Waals surface area contributed by atoms with E-state index < -0.39 is 17.7 Å². The fourth-order valence-electron chi connectivity index (χ4n) is 3.48. The van der Waals surface area contributed by atoms with Gasteiger partial charge in [-0.05, 0) is 39.3 Å². The Morgan fingerprint density at radius 2 is 1.71 bits per heavy atom. The lowest BCUT2D eigenvalue weighted by atomic mass is 9.95. The molecule has 0 fully saturated rings. The number of aryl methyl sites for hydroxylation is 2. The zero-order valence-corrected chi connectivity index (χ0v) is 17.1. The van der Waals surface area contributed by atoms with Crippen LogP contribution >= 0.6 is 0 Å². The van der Waals surface area contributed by atoms with E-state index >= 15 is 0 Å². The van der Waals surface area contributed by atoms with E-state index in [4.69, 9.17) is 4.74 Å². The van der Waals surface area contributed by atoms with Crippen molar-refractivity contribution in [2.45, 2.75) is 39.4 Å². The zero-order chi connectivity index (χ0) is 20.8. The highest BCUT2D eigenvalue weighted by Gasteiger charge is 2.33. The Morgan fingerprint density at radius 1 is 1.11 bits per heavy atom. The van der Waals surface area contributed by atoms with E-state index in [1.165, 1.54) is 4.57 Å². The van der Waals surface area contributed by atoms with Crippen LogP contribution in [0.25, 0.3) is 22.0 Å². The molecule has 0 aliphatic rings. The first-order valence-corrected chi connectivity index (χ1v) is 9.17. The first-order valence-electron chi connectivity index (χ1n) is 9.17. The molecule has 3 rings (SSSR count). The van der Waals surface area contributed by atoms with Crippen molar-refractivity contribution in [1.82, 2.24) is 9.13 Å². The summed E-state index contributed by atoms with van der Waals surface area (Å²) in [5.41, 5.74) is 2.56. The summed E-state index contributed by atoms with van der Waals surface area (Å²) in [7, 11) is 3.41. The third-order valence-corrected chi connectivity index (χ3v) is 4.75. The third kappa shape index (κ3) is 3.47. The van der Waals surface area contributed by atoms with Crippen LogP contribution in [0.2, 0.25) is 0 Å². The number of ether oxygens (including phenoxy) is 1. The average molecular weight is 382 g/mol. The molecule has 0 saturated carbocycles. The Hall–Kier alpha value is -2.86. The van der Waals surface area contributed by atoms with Gasteiger partial charge in [-0.3, -0.25) is 4.79 Å². The van der Waals surface area contributed by atoms with Crippen molar-refractivity contribution >= 4 is 16.9 Å². The SMILES string of the molecule is Cc1ccc(-c2c(C(OC(C)(C)C)C(=O)O)n(C)c(=O)c3c2ccn3C)cc1. The maximum atomic E-state index is 13.1. The number of carbonyl (C=O) groups is 1. The largest absolute Gasteiger partial charge is 0.479 e. The van der Waals surface area contributed by atoms with Gasteiger partial charge in [-0.1, -0.05) is 29.8 Å². The number of rotatable bonds is 4. The number of nitrogens with zero attached hydrogens (tertiary/aromatic N) is 2. The van der Waals surface area contributed by atoms with Gasteiger partial charge >= 0.3 is 5.97 Å². The second-order valence-corrected chi connectivity index (χ2v) is 8.13. The highest BCUT2D eigenvalue weighted by atomic mass is 16.5. The van der Waals surface area contributed by atoms with Gasteiger partial charge in [0.15, 0.2) is 6.10 Å². The quantitative estimate of drug-likeness (QED) is 0.745. The van der Waals surface area contributed by atoms with Crippen molar-refractivity contribution in [2.75, 3.05) is 0 Å². The molecule has 1 N–H and O–H groups in total. The van der Waals surface area contributed by atoms with Crippen LogP contribution in [0.5, 0.6) is 0 Å². The first-order chi connectivity index (χ1) is 13.0. The summed E-state index contributed by atoms with van der Waals surface area (Å²) >= 11 is 0. The van der Waals surface area contributed by atoms with E-state index in [9.17, 15) is 14.7 Å². The summed E-state index contributed by atoms with van der Waals surface area (Å²) in [6, 6.07) is 9.69. The second kappa shape index (κ2) is 6.95. The molecule has 1 atom stereocenters. The lowest BCUT2D eigenvalue weighted by Crippen LogP contribution is -2.33. The van der Waals surface area contributed by atoms with Crippen molar-refractivity contribution in [3.8, 4) is 11.1 Å². The van der Waals surface area contributed by atoms with Crippen molar-refractivity contribution in [2.24, 2.45) is 14.1 Å². The summed E-state index contributed by atoms with van der Waals surface area (Å²) in [5.74, 6) is -1.13. The van der Waals surface area contributed by atoms with E-state index in [-0.39, 0.29) is 5.56 Å². The van der Waals surface area contributed by atoms with Gasteiger partial charge in [0.25, 0.3) is 5.56 Å². The predicted molar refractivity (Wildman–Crippen MR) is 110 cm³/mol. The van der Waals surface area contributed by atoms with Crippen LogP contribution in [-0.4, -0.2) is 25.8 Å². The number of hydrogen-bond acceptors (Lipinski definition) is 3. The van der Waals surface area contributed by atoms with Crippen molar-refractivity contribution in [3.63, 3.8) is 0 Å². The Morgan fingerprint density at radius 3 is 2.25 bits per heavy atom. The number of aliphatic carboxylic acids is 1. The number of aromatic nitrogens is 2. The number of pyridine rings is 1. The molecule has 0 saturated heterocycles. The van der Waals surface area contributed by atoms with Crippen molar-refractivity contribution in [3.05, 3.63) is 58.1 Å². The topological polar surface area (TPSA) is 73.5 Å². The van der Waals surface area contributed by atoms with Crippen molar-refractivity contribution in [1.29, 1.82) is 0 Å². The fourth-order valence-corrected chi connectivity index (χ4v) is 3.48. The lowest BCUT2D eigenvalue weighted by molar-refractivity contribution is -0.161. The Balaban J connectivity index is 2.45. The highest BCUT2D eigenvalue weighted by Crippen LogP contribution is 2.37. The molecule has 0 radical (unpaired) electrons. The third-order valence-electron chi connectivity index (χ3n) is 4.75. The molecular formula is C22H26N2O4. The molecule has 2 aromatic heterocycles. The second-order valence-electron chi connectivity index (χ2n) is 8.13. The van der Waals surface area contributed by atoms with Crippen LogP contribution in [0.15, 0.2) is 41.3 Å². The summed E-state index contributed by atoms with van der Waals surface area (Å²) in [4.78, 5) is 25.2. The highest BCUT2D eigenvalue weighted by molar-refractivity contribution is 5.98. The Bertz CT molecular complexity index is 1100. The van der Waals surface area contributed by atoms with Gasteiger partial charge in [-0.2, -0.15) is 0 Å². The Kier molecular flexibility index (Phi) is 4.93. The zero-order valence-electron chi connectivity index (χ0n) is 17.1. The summed E-state index contributed by atoms with van der Waals surface area (Å²) in [6.45, 7) is 7.39.